The first-order valence-corrected chi connectivity index (χ1v) is 5.13. The van der Waals surface area contributed by atoms with Crippen LogP contribution in [-0.4, -0.2) is 0 Å². The van der Waals surface area contributed by atoms with E-state index >= 15 is 0 Å². The van der Waals surface area contributed by atoms with Gasteiger partial charge in [0.25, 0.3) is 0 Å². The lowest BCUT2D eigenvalue weighted by atomic mass is 9.91. The summed E-state index contributed by atoms with van der Waals surface area (Å²) < 4.78 is 0. The van der Waals surface area contributed by atoms with Crippen molar-refractivity contribution < 1.29 is 0 Å². The Labute approximate surface area is 80.3 Å². The molecule has 0 N–H and O–H groups in total. The van der Waals surface area contributed by atoms with Gasteiger partial charge in [-0.15, -0.1) is 0 Å². The molecule has 13 heavy (non-hydrogen) atoms. The predicted octanol–water partition coefficient (Wildman–Crippen LogP) is 3.95. The van der Waals surface area contributed by atoms with Gasteiger partial charge in [-0.2, -0.15) is 0 Å². The Hall–Kier alpha value is -1.04. The van der Waals surface area contributed by atoms with E-state index in [2.05, 4.69) is 37.3 Å². The van der Waals surface area contributed by atoms with Gasteiger partial charge in [-0.3, -0.25) is 0 Å². The van der Waals surface area contributed by atoms with Gasteiger partial charge in [-0.25, -0.2) is 0 Å². The monoisotopic (exact) mass is 172 g/mol. The molecule has 0 fully saturated rings. The normalized spacial score (nSPS) is 16.8. The maximum Gasteiger partial charge on any atom is -0.0198 e. The molecule has 68 valence electrons. The molecule has 0 saturated heterocycles. The van der Waals surface area contributed by atoms with Crippen molar-refractivity contribution >= 4 is 5.57 Å². The molecule has 1 aliphatic carbocycles. The molecule has 0 amide bonds. The quantitative estimate of drug-likeness (QED) is 0.601. The fourth-order valence-corrected chi connectivity index (χ4v) is 2.02. The average Bonchev–Trinajstić information content (AvgIpc) is 2.20. The summed E-state index contributed by atoms with van der Waals surface area (Å²) in [5, 5.41) is 0. The Kier molecular flexibility index (Phi) is 2.49. The third kappa shape index (κ3) is 1.82. The van der Waals surface area contributed by atoms with E-state index in [0.717, 1.165) is 0 Å². The van der Waals surface area contributed by atoms with Gasteiger partial charge >= 0.3 is 0 Å². The zero-order valence-electron chi connectivity index (χ0n) is 8.22. The van der Waals surface area contributed by atoms with Crippen molar-refractivity contribution in [2.45, 2.75) is 32.6 Å². The van der Waals surface area contributed by atoms with E-state index < -0.39 is 0 Å². The van der Waals surface area contributed by atoms with E-state index in [4.69, 9.17) is 0 Å². The third-order valence-corrected chi connectivity index (χ3v) is 2.78. The van der Waals surface area contributed by atoms with Crippen LogP contribution in [0.2, 0.25) is 0 Å². The van der Waals surface area contributed by atoms with Crippen LogP contribution in [0.5, 0.6) is 0 Å². The molecule has 0 spiro atoms. The molecule has 0 heteroatoms. The van der Waals surface area contributed by atoms with Gasteiger partial charge in [0.15, 0.2) is 0 Å². The Morgan fingerprint density at radius 3 is 2.62 bits per heavy atom. The number of benzene rings is 1. The molecule has 1 aromatic carbocycles. The summed E-state index contributed by atoms with van der Waals surface area (Å²) in [5.74, 6) is 0. The first-order chi connectivity index (χ1) is 6.38. The van der Waals surface area contributed by atoms with Crippen molar-refractivity contribution in [2.24, 2.45) is 0 Å². The van der Waals surface area contributed by atoms with E-state index in [9.17, 15) is 0 Å². The van der Waals surface area contributed by atoms with E-state index in [-0.39, 0.29) is 0 Å². The van der Waals surface area contributed by atoms with E-state index in [0.29, 0.717) is 0 Å². The maximum atomic E-state index is 2.41. The second kappa shape index (κ2) is 3.78. The summed E-state index contributed by atoms with van der Waals surface area (Å²) in [6, 6.07) is 8.69. The minimum absolute atomic E-state index is 1.27. The number of hydrogen-bond acceptors (Lipinski definition) is 0. The van der Waals surface area contributed by atoms with Gasteiger partial charge in [-0.05, 0) is 49.3 Å². The van der Waals surface area contributed by atoms with Crippen LogP contribution in [0.4, 0.5) is 0 Å². The van der Waals surface area contributed by atoms with Gasteiger partial charge in [0.1, 0.15) is 0 Å². The maximum absolute atomic E-state index is 2.41. The topological polar surface area (TPSA) is 0 Å². The first-order valence-electron chi connectivity index (χ1n) is 5.13. The molecule has 0 atom stereocenters. The average molecular weight is 172 g/mol. The van der Waals surface area contributed by atoms with Crippen LogP contribution in [0.25, 0.3) is 5.57 Å². The van der Waals surface area contributed by atoms with Crippen LogP contribution < -0.4 is 0 Å². The number of allylic oxidation sites excluding steroid dienone is 2. The molecule has 1 aromatic rings. The summed E-state index contributed by atoms with van der Waals surface area (Å²) in [6.45, 7) is 2.20. The molecule has 0 radical (unpaired) electrons. The number of rotatable bonds is 1. The second-order valence-electron chi connectivity index (χ2n) is 3.79. The largest absolute Gasteiger partial charge is 0.0807 e. The summed E-state index contributed by atoms with van der Waals surface area (Å²) in [4.78, 5) is 0. The number of hydrogen-bond donors (Lipinski definition) is 0. The Morgan fingerprint density at radius 1 is 1.08 bits per heavy atom. The highest BCUT2D eigenvalue weighted by molar-refractivity contribution is 5.68. The van der Waals surface area contributed by atoms with E-state index in [1.165, 1.54) is 36.8 Å². The molecular weight excluding hydrogens is 156 g/mol. The second-order valence-corrected chi connectivity index (χ2v) is 3.79. The Morgan fingerprint density at radius 2 is 1.92 bits per heavy atom. The van der Waals surface area contributed by atoms with E-state index in [1.807, 2.05) is 0 Å². The van der Waals surface area contributed by atoms with Crippen LogP contribution in [0.1, 0.15) is 36.8 Å². The zero-order chi connectivity index (χ0) is 9.10. The van der Waals surface area contributed by atoms with Crippen molar-refractivity contribution in [3.63, 3.8) is 0 Å². The van der Waals surface area contributed by atoms with Gasteiger partial charge in [0, 0.05) is 0 Å². The molecule has 0 bridgehead atoms. The minimum atomic E-state index is 1.27. The van der Waals surface area contributed by atoms with Crippen molar-refractivity contribution in [1.82, 2.24) is 0 Å². The first kappa shape index (κ1) is 8.55. The fraction of sp³-hybridized carbons (Fsp3) is 0.385. The van der Waals surface area contributed by atoms with Crippen LogP contribution >= 0.6 is 0 Å². The summed E-state index contributed by atoms with van der Waals surface area (Å²) in [6.07, 6.45) is 7.68. The fourth-order valence-electron chi connectivity index (χ4n) is 2.02. The highest BCUT2D eigenvalue weighted by atomic mass is 14.1. The molecule has 2 rings (SSSR count). The smallest absolute Gasteiger partial charge is 0.0198 e. The molecule has 0 aliphatic heterocycles. The standard InChI is InChI=1S/C13H16/c1-11-7-5-6-10-13(11)12-8-3-2-4-9-12/h5-8,10H,2-4,9H2,1H3. The van der Waals surface area contributed by atoms with Crippen molar-refractivity contribution in [2.75, 3.05) is 0 Å². The lowest BCUT2D eigenvalue weighted by molar-refractivity contribution is 0.741. The molecule has 1 aliphatic rings. The summed E-state index contributed by atoms with van der Waals surface area (Å²) in [5.41, 5.74) is 4.43. The SMILES string of the molecule is Cc1ccccc1C1=CCCCC1. The Bertz CT molecular complexity index is 321. The van der Waals surface area contributed by atoms with Crippen molar-refractivity contribution in [1.29, 1.82) is 0 Å². The molecule has 0 heterocycles. The van der Waals surface area contributed by atoms with Gasteiger partial charge in [-0.1, -0.05) is 30.3 Å². The van der Waals surface area contributed by atoms with E-state index in [1.54, 1.807) is 5.57 Å². The van der Waals surface area contributed by atoms with Crippen LogP contribution in [0.3, 0.4) is 0 Å². The van der Waals surface area contributed by atoms with Gasteiger partial charge in [0.05, 0.1) is 0 Å². The lowest BCUT2D eigenvalue weighted by Crippen LogP contribution is -1.93. The van der Waals surface area contributed by atoms with Crippen molar-refractivity contribution in [3.05, 3.63) is 41.5 Å². The molecule has 0 nitrogen and oxygen atoms in total. The van der Waals surface area contributed by atoms with Crippen LogP contribution in [-0.2, 0) is 0 Å². The summed E-state index contributed by atoms with van der Waals surface area (Å²) in [7, 11) is 0. The lowest BCUT2D eigenvalue weighted by Gasteiger charge is -2.14. The number of aryl methyl sites for hydroxylation is 1. The molecule has 0 aromatic heterocycles. The molecule has 0 unspecified atom stereocenters. The van der Waals surface area contributed by atoms with Crippen LogP contribution in [0.15, 0.2) is 30.3 Å². The zero-order valence-corrected chi connectivity index (χ0v) is 8.22. The van der Waals surface area contributed by atoms with Crippen molar-refractivity contribution in [3.8, 4) is 0 Å². The minimum Gasteiger partial charge on any atom is -0.0807 e. The predicted molar refractivity (Wildman–Crippen MR) is 57.6 cm³/mol. The Balaban J connectivity index is 2.34. The summed E-state index contributed by atoms with van der Waals surface area (Å²) >= 11 is 0. The third-order valence-electron chi connectivity index (χ3n) is 2.78. The highest BCUT2D eigenvalue weighted by Crippen LogP contribution is 2.28. The molecule has 0 saturated carbocycles. The van der Waals surface area contributed by atoms with Gasteiger partial charge in [0.2, 0.25) is 0 Å². The highest BCUT2D eigenvalue weighted by Gasteiger charge is 2.07. The molecular formula is C13H16. The van der Waals surface area contributed by atoms with Gasteiger partial charge < -0.3 is 0 Å². The van der Waals surface area contributed by atoms with Crippen LogP contribution in [0, 0.1) is 6.92 Å².